The molecule has 0 saturated carbocycles. The first-order chi connectivity index (χ1) is 14.3. The molecule has 30 heavy (non-hydrogen) atoms. The Balaban J connectivity index is 1.65. The van der Waals surface area contributed by atoms with Gasteiger partial charge in [-0.2, -0.15) is 8.78 Å². The van der Waals surface area contributed by atoms with Crippen LogP contribution in [-0.4, -0.2) is 32.1 Å². The molecule has 1 aliphatic heterocycles. The monoisotopic (exact) mass is 438 g/mol. The number of hydrogen-bond acceptors (Lipinski definition) is 4. The highest BCUT2D eigenvalue weighted by Crippen LogP contribution is 2.35. The van der Waals surface area contributed by atoms with Gasteiger partial charge in [0.25, 0.3) is 0 Å². The van der Waals surface area contributed by atoms with Crippen molar-refractivity contribution in [3.63, 3.8) is 0 Å². The fourth-order valence-corrected chi connectivity index (χ4v) is 3.51. The summed E-state index contributed by atoms with van der Waals surface area (Å²) in [4.78, 5) is 26.7. The zero-order chi connectivity index (χ0) is 21.8. The lowest BCUT2D eigenvalue weighted by atomic mass is 10.0. The van der Waals surface area contributed by atoms with Gasteiger partial charge in [-0.25, -0.2) is 0 Å². The molecule has 1 saturated heterocycles. The highest BCUT2D eigenvalue weighted by molar-refractivity contribution is 6.31. The number of hydrogen-bond donors (Lipinski definition) is 1. The maximum Gasteiger partial charge on any atom is 0.387 e. The second-order valence-corrected chi connectivity index (χ2v) is 7.34. The van der Waals surface area contributed by atoms with E-state index in [1.165, 1.54) is 24.1 Å². The SMILES string of the molecule is COc1ccc(Cl)cc1N1CC(C(=O)NC(C)c2ccc(OC(F)F)cc2)CC1=O. The number of rotatable bonds is 7. The van der Waals surface area contributed by atoms with E-state index in [1.807, 2.05) is 0 Å². The number of anilines is 1. The number of alkyl halides is 2. The highest BCUT2D eigenvalue weighted by Gasteiger charge is 2.36. The van der Waals surface area contributed by atoms with Gasteiger partial charge in [-0.1, -0.05) is 23.7 Å². The maximum absolute atomic E-state index is 12.7. The summed E-state index contributed by atoms with van der Waals surface area (Å²) in [7, 11) is 1.50. The van der Waals surface area contributed by atoms with Gasteiger partial charge in [0.05, 0.1) is 24.8 Å². The maximum atomic E-state index is 12.7. The summed E-state index contributed by atoms with van der Waals surface area (Å²) in [5.74, 6) is -0.470. The normalized spacial score (nSPS) is 17.2. The van der Waals surface area contributed by atoms with Gasteiger partial charge in [-0.05, 0) is 42.8 Å². The van der Waals surface area contributed by atoms with E-state index in [-0.39, 0.29) is 36.6 Å². The fraction of sp³-hybridized carbons (Fsp3) is 0.333. The Morgan fingerprint density at radius 2 is 1.93 bits per heavy atom. The van der Waals surface area contributed by atoms with Crippen molar-refractivity contribution in [2.75, 3.05) is 18.6 Å². The van der Waals surface area contributed by atoms with Crippen molar-refractivity contribution in [3.8, 4) is 11.5 Å². The Morgan fingerprint density at radius 1 is 1.23 bits per heavy atom. The molecule has 0 spiro atoms. The third-order valence-electron chi connectivity index (χ3n) is 4.89. The third-order valence-corrected chi connectivity index (χ3v) is 5.13. The van der Waals surface area contributed by atoms with Crippen molar-refractivity contribution in [2.45, 2.75) is 26.0 Å². The van der Waals surface area contributed by atoms with Crippen LogP contribution in [0.3, 0.4) is 0 Å². The first-order valence-corrected chi connectivity index (χ1v) is 9.65. The van der Waals surface area contributed by atoms with E-state index >= 15 is 0 Å². The van der Waals surface area contributed by atoms with E-state index < -0.39 is 12.5 Å². The molecule has 0 aliphatic carbocycles. The summed E-state index contributed by atoms with van der Waals surface area (Å²) >= 11 is 6.05. The summed E-state index contributed by atoms with van der Waals surface area (Å²) in [5.41, 5.74) is 1.25. The largest absolute Gasteiger partial charge is 0.495 e. The zero-order valence-corrected chi connectivity index (χ0v) is 17.2. The van der Waals surface area contributed by atoms with Crippen molar-refractivity contribution in [1.82, 2.24) is 5.32 Å². The molecular weight excluding hydrogens is 418 g/mol. The van der Waals surface area contributed by atoms with Crippen molar-refractivity contribution in [1.29, 1.82) is 0 Å². The molecule has 0 bridgehead atoms. The molecule has 160 valence electrons. The zero-order valence-electron chi connectivity index (χ0n) is 16.4. The summed E-state index contributed by atoms with van der Waals surface area (Å²) < 4.78 is 34.1. The van der Waals surface area contributed by atoms with Crippen molar-refractivity contribution >= 4 is 29.1 Å². The summed E-state index contributed by atoms with van der Waals surface area (Å²) in [5, 5.41) is 3.32. The van der Waals surface area contributed by atoms with Crippen LogP contribution in [0.4, 0.5) is 14.5 Å². The van der Waals surface area contributed by atoms with Crippen LogP contribution in [0.5, 0.6) is 11.5 Å². The van der Waals surface area contributed by atoms with Gasteiger partial charge in [0.1, 0.15) is 11.5 Å². The molecule has 3 rings (SSSR count). The van der Waals surface area contributed by atoms with Crippen molar-refractivity contribution < 1.29 is 27.8 Å². The molecule has 2 aromatic carbocycles. The number of benzene rings is 2. The molecule has 9 heteroatoms. The summed E-state index contributed by atoms with van der Waals surface area (Å²) in [6.45, 7) is -0.918. The third kappa shape index (κ3) is 4.99. The predicted molar refractivity (Wildman–Crippen MR) is 108 cm³/mol. The van der Waals surface area contributed by atoms with Gasteiger partial charge in [-0.3, -0.25) is 9.59 Å². The second-order valence-electron chi connectivity index (χ2n) is 6.90. The van der Waals surface area contributed by atoms with Gasteiger partial charge in [0, 0.05) is 18.0 Å². The highest BCUT2D eigenvalue weighted by atomic mass is 35.5. The van der Waals surface area contributed by atoms with E-state index in [4.69, 9.17) is 16.3 Å². The molecule has 1 aliphatic rings. The van der Waals surface area contributed by atoms with E-state index in [0.29, 0.717) is 16.5 Å². The van der Waals surface area contributed by atoms with E-state index in [1.54, 1.807) is 37.3 Å². The molecule has 2 amide bonds. The Labute approximate surface area is 177 Å². The Morgan fingerprint density at radius 3 is 2.57 bits per heavy atom. The number of carbonyl (C=O) groups excluding carboxylic acids is 2. The Hall–Kier alpha value is -2.87. The van der Waals surface area contributed by atoms with Gasteiger partial charge < -0.3 is 19.7 Å². The standard InChI is InChI=1S/C21H21ClF2N2O4/c1-12(13-3-6-16(7-4-13)30-21(23)24)25-20(28)14-9-19(27)26(11-14)17-10-15(22)5-8-18(17)29-2/h3-8,10,12,14,21H,9,11H2,1-2H3,(H,25,28). The molecule has 1 heterocycles. The first-order valence-electron chi connectivity index (χ1n) is 9.27. The van der Waals surface area contributed by atoms with E-state index in [2.05, 4.69) is 10.1 Å². The van der Waals surface area contributed by atoms with Crippen LogP contribution < -0.4 is 19.7 Å². The summed E-state index contributed by atoms with van der Waals surface area (Å²) in [6.07, 6.45) is 0.0649. The van der Waals surface area contributed by atoms with E-state index in [0.717, 1.165) is 5.56 Å². The van der Waals surface area contributed by atoms with Crippen molar-refractivity contribution in [3.05, 3.63) is 53.1 Å². The number of halogens is 3. The van der Waals surface area contributed by atoms with Crippen LogP contribution in [0.15, 0.2) is 42.5 Å². The lowest BCUT2D eigenvalue weighted by Crippen LogP contribution is -2.34. The smallest absolute Gasteiger partial charge is 0.387 e. The summed E-state index contributed by atoms with van der Waals surface area (Å²) in [6, 6.07) is 10.6. The molecule has 0 radical (unpaired) electrons. The lowest BCUT2D eigenvalue weighted by Gasteiger charge is -2.21. The van der Waals surface area contributed by atoms with Crippen LogP contribution in [0.25, 0.3) is 0 Å². The first kappa shape index (κ1) is 21.8. The molecule has 1 N–H and O–H groups in total. The molecule has 6 nitrogen and oxygen atoms in total. The number of methoxy groups -OCH3 is 1. The van der Waals surface area contributed by atoms with Crippen molar-refractivity contribution in [2.24, 2.45) is 5.92 Å². The number of nitrogens with one attached hydrogen (secondary N) is 1. The van der Waals surface area contributed by atoms with Crippen LogP contribution >= 0.6 is 11.6 Å². The Bertz CT molecular complexity index is 924. The second kappa shape index (κ2) is 9.30. The van der Waals surface area contributed by atoms with Crippen LogP contribution in [-0.2, 0) is 9.59 Å². The number of ether oxygens (including phenoxy) is 2. The van der Waals surface area contributed by atoms with Gasteiger partial charge in [-0.15, -0.1) is 0 Å². The van der Waals surface area contributed by atoms with Crippen LogP contribution in [0, 0.1) is 5.92 Å². The van der Waals surface area contributed by atoms with Crippen LogP contribution in [0.1, 0.15) is 24.9 Å². The minimum Gasteiger partial charge on any atom is -0.495 e. The topological polar surface area (TPSA) is 67.9 Å². The van der Waals surface area contributed by atoms with Gasteiger partial charge in [0.15, 0.2) is 0 Å². The lowest BCUT2D eigenvalue weighted by molar-refractivity contribution is -0.126. The Kier molecular flexibility index (Phi) is 6.77. The number of nitrogens with zero attached hydrogens (tertiary/aromatic N) is 1. The average Bonchev–Trinajstić information content (AvgIpc) is 3.09. The average molecular weight is 439 g/mol. The molecule has 2 atom stereocenters. The minimum atomic E-state index is -2.89. The fourth-order valence-electron chi connectivity index (χ4n) is 3.34. The van der Waals surface area contributed by atoms with Crippen LogP contribution in [0.2, 0.25) is 5.02 Å². The van der Waals surface area contributed by atoms with E-state index in [9.17, 15) is 18.4 Å². The van der Waals surface area contributed by atoms with Gasteiger partial charge >= 0.3 is 6.61 Å². The quantitative estimate of drug-likeness (QED) is 0.704. The molecule has 2 unspecified atom stereocenters. The minimum absolute atomic E-state index is 0.0415. The van der Waals surface area contributed by atoms with Gasteiger partial charge in [0.2, 0.25) is 11.8 Å². The molecule has 1 fully saturated rings. The molecule has 0 aromatic heterocycles. The number of carbonyl (C=O) groups is 2. The number of amides is 2. The predicted octanol–water partition coefficient (Wildman–Crippen LogP) is 4.18. The molecular formula is C21H21ClF2N2O4. The molecule has 2 aromatic rings.